The van der Waals surface area contributed by atoms with Crippen molar-refractivity contribution in [2.45, 2.75) is 33.2 Å². The van der Waals surface area contributed by atoms with E-state index in [0.29, 0.717) is 11.5 Å². The van der Waals surface area contributed by atoms with E-state index in [9.17, 15) is 4.79 Å². The van der Waals surface area contributed by atoms with Crippen LogP contribution in [0.2, 0.25) is 0 Å². The van der Waals surface area contributed by atoms with Crippen LogP contribution in [-0.4, -0.2) is 22.8 Å². The molecule has 0 fully saturated rings. The lowest BCUT2D eigenvalue weighted by Gasteiger charge is -2.21. The summed E-state index contributed by atoms with van der Waals surface area (Å²) in [6, 6.07) is 7.72. The van der Waals surface area contributed by atoms with E-state index in [-0.39, 0.29) is 11.8 Å². The maximum Gasteiger partial charge on any atom is 0.225 e. The predicted octanol–water partition coefficient (Wildman–Crippen LogP) is 2.72. The van der Waals surface area contributed by atoms with E-state index >= 15 is 0 Å². The van der Waals surface area contributed by atoms with Crippen molar-refractivity contribution in [3.8, 4) is 0 Å². The Balaban J connectivity index is 2.71. The SMILES string of the molecule is CCCC(C)C(=O)N(C)Cc1cccc(C(N)=S)c1. The van der Waals surface area contributed by atoms with Crippen molar-refractivity contribution in [1.82, 2.24) is 4.90 Å². The number of hydrogen-bond acceptors (Lipinski definition) is 2. The van der Waals surface area contributed by atoms with Gasteiger partial charge in [0.2, 0.25) is 5.91 Å². The van der Waals surface area contributed by atoms with Crippen molar-refractivity contribution in [1.29, 1.82) is 0 Å². The zero-order valence-electron chi connectivity index (χ0n) is 11.8. The lowest BCUT2D eigenvalue weighted by Crippen LogP contribution is -2.31. The highest BCUT2D eigenvalue weighted by atomic mass is 32.1. The first-order valence-electron chi connectivity index (χ1n) is 6.59. The van der Waals surface area contributed by atoms with Gasteiger partial charge in [-0.05, 0) is 18.1 Å². The molecule has 0 aliphatic carbocycles. The third-order valence-electron chi connectivity index (χ3n) is 3.15. The fourth-order valence-electron chi connectivity index (χ4n) is 2.11. The van der Waals surface area contributed by atoms with Crippen LogP contribution in [0.5, 0.6) is 0 Å². The van der Waals surface area contributed by atoms with E-state index in [1.807, 2.05) is 38.2 Å². The Hall–Kier alpha value is -1.42. The van der Waals surface area contributed by atoms with Crippen molar-refractivity contribution < 1.29 is 4.79 Å². The molecular weight excluding hydrogens is 256 g/mol. The van der Waals surface area contributed by atoms with Gasteiger partial charge in [-0.25, -0.2) is 0 Å². The van der Waals surface area contributed by atoms with Crippen LogP contribution in [0.4, 0.5) is 0 Å². The average Bonchev–Trinajstić information content (AvgIpc) is 2.38. The van der Waals surface area contributed by atoms with Gasteiger partial charge in [-0.1, -0.05) is 50.7 Å². The Morgan fingerprint density at radius 3 is 2.74 bits per heavy atom. The number of carbonyl (C=O) groups excluding carboxylic acids is 1. The summed E-state index contributed by atoms with van der Waals surface area (Å²) >= 11 is 4.96. The second-order valence-corrected chi connectivity index (χ2v) is 5.39. The van der Waals surface area contributed by atoms with Gasteiger partial charge in [-0.3, -0.25) is 4.79 Å². The van der Waals surface area contributed by atoms with Crippen LogP contribution in [0.25, 0.3) is 0 Å². The highest BCUT2D eigenvalue weighted by Gasteiger charge is 2.16. The normalized spacial score (nSPS) is 11.9. The fourth-order valence-corrected chi connectivity index (χ4v) is 2.23. The lowest BCUT2D eigenvalue weighted by atomic mass is 10.0. The van der Waals surface area contributed by atoms with E-state index in [4.69, 9.17) is 18.0 Å². The van der Waals surface area contributed by atoms with Crippen molar-refractivity contribution in [2.24, 2.45) is 11.7 Å². The summed E-state index contributed by atoms with van der Waals surface area (Å²) in [5, 5.41) is 0. The van der Waals surface area contributed by atoms with E-state index in [2.05, 4.69) is 6.92 Å². The number of nitrogens with two attached hydrogens (primary N) is 1. The molecule has 0 radical (unpaired) electrons. The van der Waals surface area contributed by atoms with Gasteiger partial charge in [0, 0.05) is 25.1 Å². The van der Waals surface area contributed by atoms with Crippen LogP contribution in [-0.2, 0) is 11.3 Å². The molecule has 2 N–H and O–H groups in total. The third kappa shape index (κ3) is 4.63. The van der Waals surface area contributed by atoms with E-state index in [1.165, 1.54) is 0 Å². The van der Waals surface area contributed by atoms with Crippen LogP contribution < -0.4 is 5.73 Å². The summed E-state index contributed by atoms with van der Waals surface area (Å²) in [5.41, 5.74) is 7.50. The van der Waals surface area contributed by atoms with Crippen LogP contribution >= 0.6 is 12.2 Å². The molecule has 1 aromatic rings. The molecule has 4 heteroatoms. The first-order valence-corrected chi connectivity index (χ1v) is 7.00. The Labute approximate surface area is 120 Å². The van der Waals surface area contributed by atoms with Gasteiger partial charge in [0.15, 0.2) is 0 Å². The maximum atomic E-state index is 12.1. The Kier molecular flexibility index (Phi) is 5.96. The first-order chi connectivity index (χ1) is 8.95. The molecule has 19 heavy (non-hydrogen) atoms. The van der Waals surface area contributed by atoms with Crippen LogP contribution in [0.1, 0.15) is 37.8 Å². The average molecular weight is 278 g/mol. The fraction of sp³-hybridized carbons (Fsp3) is 0.467. The molecule has 1 aromatic carbocycles. The zero-order valence-corrected chi connectivity index (χ0v) is 12.7. The Morgan fingerprint density at radius 2 is 2.16 bits per heavy atom. The quantitative estimate of drug-likeness (QED) is 0.814. The highest BCUT2D eigenvalue weighted by molar-refractivity contribution is 7.80. The topological polar surface area (TPSA) is 46.3 Å². The molecule has 0 aliphatic heterocycles. The molecule has 0 aliphatic rings. The van der Waals surface area contributed by atoms with Crippen molar-refractivity contribution in [2.75, 3.05) is 7.05 Å². The van der Waals surface area contributed by atoms with Gasteiger partial charge >= 0.3 is 0 Å². The molecule has 0 saturated carbocycles. The first kappa shape index (κ1) is 15.6. The van der Waals surface area contributed by atoms with Crippen LogP contribution in [0.3, 0.4) is 0 Å². The van der Waals surface area contributed by atoms with Crippen molar-refractivity contribution in [3.05, 3.63) is 35.4 Å². The molecule has 0 heterocycles. The van der Waals surface area contributed by atoms with Gasteiger partial charge in [-0.2, -0.15) is 0 Å². The maximum absolute atomic E-state index is 12.1. The molecule has 1 amide bonds. The minimum absolute atomic E-state index is 0.0776. The van der Waals surface area contributed by atoms with Crippen LogP contribution in [0.15, 0.2) is 24.3 Å². The summed E-state index contributed by atoms with van der Waals surface area (Å²) in [5.74, 6) is 0.261. The molecule has 1 unspecified atom stereocenters. The monoisotopic (exact) mass is 278 g/mol. The molecule has 0 bridgehead atoms. The summed E-state index contributed by atoms with van der Waals surface area (Å²) in [4.78, 5) is 14.3. The number of nitrogens with zero attached hydrogens (tertiary/aromatic N) is 1. The Bertz CT molecular complexity index is 459. The lowest BCUT2D eigenvalue weighted by molar-refractivity contribution is -0.134. The molecular formula is C15H22N2OS. The number of thiocarbonyl (C=S) groups is 1. The molecule has 0 aromatic heterocycles. The van der Waals surface area contributed by atoms with Gasteiger partial charge in [-0.15, -0.1) is 0 Å². The van der Waals surface area contributed by atoms with Gasteiger partial charge in [0.1, 0.15) is 4.99 Å². The number of rotatable bonds is 6. The largest absolute Gasteiger partial charge is 0.389 e. The minimum Gasteiger partial charge on any atom is -0.389 e. The molecule has 1 rings (SSSR count). The summed E-state index contributed by atoms with van der Waals surface area (Å²) in [7, 11) is 1.84. The summed E-state index contributed by atoms with van der Waals surface area (Å²) in [6.07, 6.45) is 1.95. The number of benzene rings is 1. The van der Waals surface area contributed by atoms with Gasteiger partial charge < -0.3 is 10.6 Å². The number of amides is 1. The minimum atomic E-state index is 0.0776. The Morgan fingerprint density at radius 1 is 1.47 bits per heavy atom. The molecule has 3 nitrogen and oxygen atoms in total. The molecule has 0 spiro atoms. The van der Waals surface area contributed by atoms with Crippen LogP contribution in [0, 0.1) is 5.92 Å². The summed E-state index contributed by atoms with van der Waals surface area (Å²) < 4.78 is 0. The smallest absolute Gasteiger partial charge is 0.225 e. The van der Waals surface area contributed by atoms with E-state index in [0.717, 1.165) is 24.0 Å². The predicted molar refractivity (Wildman–Crippen MR) is 82.9 cm³/mol. The van der Waals surface area contributed by atoms with Crippen molar-refractivity contribution >= 4 is 23.1 Å². The van der Waals surface area contributed by atoms with Gasteiger partial charge in [0.05, 0.1) is 0 Å². The third-order valence-corrected chi connectivity index (χ3v) is 3.39. The molecule has 0 saturated heterocycles. The number of hydrogen-bond donors (Lipinski definition) is 1. The van der Waals surface area contributed by atoms with E-state index in [1.54, 1.807) is 4.90 Å². The van der Waals surface area contributed by atoms with Crippen molar-refractivity contribution in [3.63, 3.8) is 0 Å². The molecule has 1 atom stereocenters. The van der Waals surface area contributed by atoms with Gasteiger partial charge in [0.25, 0.3) is 0 Å². The second-order valence-electron chi connectivity index (χ2n) is 4.95. The number of carbonyl (C=O) groups is 1. The molecule has 104 valence electrons. The zero-order chi connectivity index (χ0) is 14.4. The van der Waals surface area contributed by atoms with E-state index < -0.39 is 0 Å². The standard InChI is InChI=1S/C15H22N2OS/c1-4-6-11(2)15(18)17(3)10-12-7-5-8-13(9-12)14(16)19/h5,7-9,11H,4,6,10H2,1-3H3,(H2,16,19). The highest BCUT2D eigenvalue weighted by Crippen LogP contribution is 2.12. The summed E-state index contributed by atoms with van der Waals surface area (Å²) in [6.45, 7) is 4.66. The second kappa shape index (κ2) is 7.24.